The number of thioether (sulfide) groups is 1. The Bertz CT molecular complexity index is 1110. The van der Waals surface area contributed by atoms with Crippen LogP contribution < -0.4 is 5.32 Å². The third-order valence-electron chi connectivity index (χ3n) is 5.56. The number of rotatable bonds is 6. The lowest BCUT2D eigenvalue weighted by atomic mass is 9.94. The average Bonchev–Trinajstić information content (AvgIpc) is 3.40. The number of anilines is 1. The molecule has 0 radical (unpaired) electrons. The molecule has 10 heteroatoms. The van der Waals surface area contributed by atoms with Crippen LogP contribution in [0.2, 0.25) is 0 Å². The second-order valence-electron chi connectivity index (χ2n) is 8.01. The molecular weight excluding hydrogens is 466 g/mol. The van der Waals surface area contributed by atoms with E-state index in [9.17, 15) is 18.0 Å². The highest BCUT2D eigenvalue weighted by atomic mass is 32.2. The van der Waals surface area contributed by atoms with Crippen molar-refractivity contribution in [1.29, 1.82) is 0 Å². The summed E-state index contributed by atoms with van der Waals surface area (Å²) in [5, 5.41) is 3.98. The highest BCUT2D eigenvalue weighted by molar-refractivity contribution is 8.16. The summed E-state index contributed by atoms with van der Waals surface area (Å²) in [4.78, 5) is 27.4. The van der Waals surface area contributed by atoms with E-state index in [-0.39, 0.29) is 33.7 Å². The van der Waals surface area contributed by atoms with Crippen molar-refractivity contribution >= 4 is 55.8 Å². The molecule has 32 heavy (non-hydrogen) atoms. The predicted octanol–water partition coefficient (Wildman–Crippen LogP) is 4.41. The van der Waals surface area contributed by atoms with Crippen LogP contribution in [0.4, 0.5) is 5.69 Å². The number of aryl methyl sites for hydroxylation is 1. The number of amides is 2. The molecule has 0 spiro atoms. The smallest absolute Gasteiger partial charge is 0.294 e. The summed E-state index contributed by atoms with van der Waals surface area (Å²) in [5.41, 5.74) is 1.75. The molecule has 1 aliphatic carbocycles. The maximum Gasteiger partial charge on any atom is 0.294 e. The number of nitrogens with zero attached hydrogens (tertiary/aromatic N) is 2. The van der Waals surface area contributed by atoms with Gasteiger partial charge in [0, 0.05) is 18.2 Å². The molecule has 170 valence electrons. The Labute approximate surface area is 196 Å². The molecule has 2 aliphatic rings. The predicted molar refractivity (Wildman–Crippen MR) is 128 cm³/mol. The summed E-state index contributed by atoms with van der Waals surface area (Å²) >= 11 is 2.17. The normalized spacial score (nSPS) is 21.3. The average molecular weight is 492 g/mol. The monoisotopic (exact) mass is 491 g/mol. The van der Waals surface area contributed by atoms with E-state index in [0.717, 1.165) is 60.8 Å². The first kappa shape index (κ1) is 23.0. The van der Waals surface area contributed by atoms with Crippen LogP contribution in [0.15, 0.2) is 50.4 Å². The SMILES string of the molecule is Cc1ccc(NC(=O)C[C@H]2SC(=NS(=O)(=O)c3cccs3)N(C3CCCCC3)C2=O)cc1. The van der Waals surface area contributed by atoms with Crippen LogP contribution in [0.1, 0.15) is 44.1 Å². The molecule has 2 heterocycles. The Morgan fingerprint density at radius 3 is 2.53 bits per heavy atom. The Morgan fingerprint density at radius 2 is 1.88 bits per heavy atom. The Balaban J connectivity index is 1.55. The van der Waals surface area contributed by atoms with E-state index in [1.54, 1.807) is 16.3 Å². The summed E-state index contributed by atoms with van der Waals surface area (Å²) in [6.07, 6.45) is 4.66. The van der Waals surface area contributed by atoms with Gasteiger partial charge in [-0.25, -0.2) is 0 Å². The Morgan fingerprint density at radius 1 is 1.16 bits per heavy atom. The molecule has 2 amide bonds. The van der Waals surface area contributed by atoms with E-state index >= 15 is 0 Å². The fourth-order valence-electron chi connectivity index (χ4n) is 3.93. The van der Waals surface area contributed by atoms with Crippen molar-refractivity contribution in [2.24, 2.45) is 4.40 Å². The van der Waals surface area contributed by atoms with Crippen molar-refractivity contribution in [3.05, 3.63) is 47.3 Å². The summed E-state index contributed by atoms with van der Waals surface area (Å²) in [5.74, 6) is -0.522. The van der Waals surface area contributed by atoms with Gasteiger partial charge in [-0.2, -0.15) is 8.42 Å². The van der Waals surface area contributed by atoms with E-state index in [0.29, 0.717) is 5.69 Å². The fraction of sp³-hybridized carbons (Fsp3) is 0.409. The van der Waals surface area contributed by atoms with E-state index in [1.807, 2.05) is 31.2 Å². The standard InChI is InChI=1S/C22H25N3O4S3/c1-15-9-11-16(12-10-15)23-19(26)14-18-21(27)25(17-6-3-2-4-7-17)22(31-18)24-32(28,29)20-8-5-13-30-20/h5,8-13,17-18H,2-4,6-7,14H2,1H3,(H,23,26)/t18-/m1/s1. The highest BCUT2D eigenvalue weighted by Crippen LogP contribution is 2.36. The molecule has 1 N–H and O–H groups in total. The molecule has 2 aromatic rings. The van der Waals surface area contributed by atoms with Gasteiger partial charge in [0.2, 0.25) is 11.8 Å². The van der Waals surface area contributed by atoms with Gasteiger partial charge in [0.05, 0.1) is 0 Å². The van der Waals surface area contributed by atoms with Gasteiger partial charge in [-0.1, -0.05) is 54.8 Å². The fourth-order valence-corrected chi connectivity index (χ4v) is 7.30. The van der Waals surface area contributed by atoms with Crippen molar-refractivity contribution in [2.45, 2.75) is 60.9 Å². The number of hydrogen-bond donors (Lipinski definition) is 1. The maximum absolute atomic E-state index is 13.3. The number of thiophene rings is 1. The van der Waals surface area contributed by atoms with Crippen molar-refractivity contribution in [3.63, 3.8) is 0 Å². The molecule has 1 atom stereocenters. The van der Waals surface area contributed by atoms with Gasteiger partial charge in [-0.3, -0.25) is 14.5 Å². The van der Waals surface area contributed by atoms with Gasteiger partial charge in [0.25, 0.3) is 10.0 Å². The maximum atomic E-state index is 13.3. The molecule has 1 saturated heterocycles. The van der Waals surface area contributed by atoms with Gasteiger partial charge in [0.15, 0.2) is 5.17 Å². The van der Waals surface area contributed by atoms with Crippen LogP contribution in [-0.4, -0.2) is 41.6 Å². The number of amidine groups is 1. The first-order chi connectivity index (χ1) is 15.3. The van der Waals surface area contributed by atoms with Gasteiger partial charge in [-0.15, -0.1) is 15.7 Å². The number of hydrogen-bond acceptors (Lipinski definition) is 6. The molecule has 1 aliphatic heterocycles. The van der Waals surface area contributed by atoms with Crippen LogP contribution in [0.5, 0.6) is 0 Å². The van der Waals surface area contributed by atoms with E-state index in [1.165, 1.54) is 6.07 Å². The molecule has 2 fully saturated rings. The number of carbonyl (C=O) groups excluding carboxylic acids is 2. The third kappa shape index (κ3) is 5.24. The van der Waals surface area contributed by atoms with Crippen LogP contribution >= 0.6 is 23.1 Å². The van der Waals surface area contributed by atoms with Crippen LogP contribution in [0.25, 0.3) is 0 Å². The lowest BCUT2D eigenvalue weighted by Gasteiger charge is -2.30. The van der Waals surface area contributed by atoms with E-state index in [4.69, 9.17) is 0 Å². The van der Waals surface area contributed by atoms with Crippen molar-refractivity contribution < 1.29 is 18.0 Å². The van der Waals surface area contributed by atoms with E-state index < -0.39 is 15.3 Å². The first-order valence-corrected chi connectivity index (χ1v) is 13.8. The van der Waals surface area contributed by atoms with Gasteiger partial charge >= 0.3 is 0 Å². The minimum absolute atomic E-state index is 0.0430. The van der Waals surface area contributed by atoms with Crippen molar-refractivity contribution in [2.75, 3.05) is 5.32 Å². The first-order valence-electron chi connectivity index (χ1n) is 10.6. The minimum Gasteiger partial charge on any atom is -0.326 e. The largest absolute Gasteiger partial charge is 0.326 e. The molecule has 4 rings (SSSR count). The van der Waals surface area contributed by atoms with Crippen molar-refractivity contribution in [3.8, 4) is 0 Å². The molecule has 1 saturated carbocycles. The number of benzene rings is 1. The summed E-state index contributed by atoms with van der Waals surface area (Å²) in [7, 11) is -3.91. The van der Waals surface area contributed by atoms with Gasteiger partial charge < -0.3 is 5.32 Å². The molecule has 1 aromatic heterocycles. The zero-order valence-electron chi connectivity index (χ0n) is 17.7. The zero-order valence-corrected chi connectivity index (χ0v) is 20.1. The third-order valence-corrected chi connectivity index (χ3v) is 9.47. The lowest BCUT2D eigenvalue weighted by molar-refractivity contribution is -0.130. The Kier molecular flexibility index (Phi) is 7.02. The topological polar surface area (TPSA) is 95.9 Å². The van der Waals surface area contributed by atoms with Crippen LogP contribution in [0.3, 0.4) is 0 Å². The Hall–Kier alpha value is -2.17. The zero-order chi connectivity index (χ0) is 22.7. The molecule has 7 nitrogen and oxygen atoms in total. The lowest BCUT2D eigenvalue weighted by Crippen LogP contribution is -2.42. The van der Waals surface area contributed by atoms with Gasteiger partial charge in [-0.05, 0) is 43.3 Å². The van der Waals surface area contributed by atoms with Crippen molar-refractivity contribution in [1.82, 2.24) is 4.90 Å². The van der Waals surface area contributed by atoms with E-state index in [2.05, 4.69) is 9.71 Å². The minimum atomic E-state index is -3.91. The molecule has 0 bridgehead atoms. The second-order valence-corrected chi connectivity index (χ2v) is 12.0. The summed E-state index contributed by atoms with van der Waals surface area (Å²) in [6.45, 7) is 1.96. The number of sulfonamides is 1. The quantitative estimate of drug-likeness (QED) is 0.646. The van der Waals surface area contributed by atoms with Crippen LogP contribution in [-0.2, 0) is 19.6 Å². The van der Waals surface area contributed by atoms with Gasteiger partial charge in [0.1, 0.15) is 9.46 Å². The number of nitrogens with one attached hydrogen (secondary N) is 1. The number of carbonyl (C=O) groups is 2. The molecule has 1 aromatic carbocycles. The second kappa shape index (κ2) is 9.76. The van der Waals surface area contributed by atoms with Crippen LogP contribution in [0, 0.1) is 6.92 Å². The molecule has 0 unspecified atom stereocenters. The summed E-state index contributed by atoms with van der Waals surface area (Å²) in [6, 6.07) is 10.5. The molecular formula is C22H25N3O4S3. The highest BCUT2D eigenvalue weighted by Gasteiger charge is 2.43. The summed E-state index contributed by atoms with van der Waals surface area (Å²) < 4.78 is 29.7.